The number of rotatable bonds is 7. The zero-order valence-electron chi connectivity index (χ0n) is 23.6. The van der Waals surface area contributed by atoms with Crippen molar-refractivity contribution in [3.05, 3.63) is 94.5 Å². The first-order valence-electron chi connectivity index (χ1n) is 13.2. The maximum absolute atomic E-state index is 12.9. The lowest BCUT2D eigenvalue weighted by molar-refractivity contribution is -0.162. The summed E-state index contributed by atoms with van der Waals surface area (Å²) in [6, 6.07) is 18.5. The van der Waals surface area contributed by atoms with E-state index in [9.17, 15) is 19.2 Å². The van der Waals surface area contributed by atoms with Crippen LogP contribution in [0.5, 0.6) is 0 Å². The van der Waals surface area contributed by atoms with Crippen LogP contribution in [0, 0.1) is 10.8 Å². The molecule has 0 amide bonds. The van der Waals surface area contributed by atoms with Crippen molar-refractivity contribution in [1.29, 1.82) is 0 Å². The van der Waals surface area contributed by atoms with Gasteiger partial charge in [-0.1, -0.05) is 60.7 Å². The van der Waals surface area contributed by atoms with Gasteiger partial charge in [-0.15, -0.1) is 0 Å². The molecule has 0 aromatic heterocycles. The molecule has 2 aromatic rings. The Labute approximate surface area is 233 Å². The van der Waals surface area contributed by atoms with Gasteiger partial charge in [0.25, 0.3) is 0 Å². The fourth-order valence-corrected chi connectivity index (χ4v) is 5.25. The van der Waals surface area contributed by atoms with Gasteiger partial charge in [0.2, 0.25) is 0 Å². The highest BCUT2D eigenvalue weighted by Crippen LogP contribution is 2.49. The van der Waals surface area contributed by atoms with Crippen LogP contribution in [0.4, 0.5) is 0 Å². The van der Waals surface area contributed by atoms with Gasteiger partial charge in [-0.2, -0.15) is 0 Å². The van der Waals surface area contributed by atoms with Gasteiger partial charge in [-0.05, 0) is 52.7 Å². The van der Waals surface area contributed by atoms with E-state index in [4.69, 9.17) is 18.9 Å². The lowest BCUT2D eigenvalue weighted by Crippen LogP contribution is -2.37. The number of hydrogen-bond acceptors (Lipinski definition) is 8. The summed E-state index contributed by atoms with van der Waals surface area (Å²) in [6.45, 7) is 10.4. The van der Waals surface area contributed by atoms with Gasteiger partial charge in [0.1, 0.15) is 23.7 Å². The minimum absolute atomic E-state index is 0.198. The van der Waals surface area contributed by atoms with Crippen molar-refractivity contribution in [2.75, 3.05) is 0 Å². The largest absolute Gasteiger partial charge is 0.453 e. The molecule has 0 fully saturated rings. The van der Waals surface area contributed by atoms with Crippen LogP contribution in [0.2, 0.25) is 0 Å². The molecule has 2 aromatic carbocycles. The fraction of sp³-hybridized carbons (Fsp3) is 0.375. The standard InChI is InChI=1S/C32H34O8/c1-19-25(31(3,4)27(39-29(19)35)21-13-9-7-10-14-21)37-23(33)17-18-24(34)38-26-20(2)30(36)40-28(32(26,5)6)22-15-11-8-12-16-22/h7-16,27-28H,17-18H2,1-6H3/t27-,28+. The summed E-state index contributed by atoms with van der Waals surface area (Å²) in [5.74, 6) is -2.10. The SMILES string of the molecule is CC1=C(OC(=O)CCC(=O)OC2=C(C)C(=O)O[C@@H](c3ccccc3)C2(C)C)C(C)(C)[C@@H](c2ccccc2)OC1=O. The second kappa shape index (κ2) is 11.1. The first kappa shape index (κ1) is 28.8. The predicted octanol–water partition coefficient (Wildman–Crippen LogP) is 6.05. The molecule has 4 rings (SSSR count). The lowest BCUT2D eigenvalue weighted by Gasteiger charge is -2.39. The van der Waals surface area contributed by atoms with E-state index >= 15 is 0 Å². The zero-order valence-corrected chi connectivity index (χ0v) is 23.6. The normalized spacial score (nSPS) is 21.9. The van der Waals surface area contributed by atoms with Crippen LogP contribution in [0.1, 0.15) is 77.7 Å². The predicted molar refractivity (Wildman–Crippen MR) is 145 cm³/mol. The third-order valence-corrected chi connectivity index (χ3v) is 7.39. The van der Waals surface area contributed by atoms with Crippen molar-refractivity contribution in [3.63, 3.8) is 0 Å². The first-order valence-corrected chi connectivity index (χ1v) is 13.2. The number of hydrogen-bond donors (Lipinski definition) is 0. The average molecular weight is 547 g/mol. The summed E-state index contributed by atoms with van der Waals surface area (Å²) in [7, 11) is 0. The van der Waals surface area contributed by atoms with Crippen LogP contribution < -0.4 is 0 Å². The van der Waals surface area contributed by atoms with Gasteiger partial charge < -0.3 is 18.9 Å². The van der Waals surface area contributed by atoms with E-state index in [2.05, 4.69) is 0 Å². The van der Waals surface area contributed by atoms with Gasteiger partial charge in [-0.25, -0.2) is 9.59 Å². The van der Waals surface area contributed by atoms with Crippen molar-refractivity contribution in [2.24, 2.45) is 10.8 Å². The number of esters is 4. The molecule has 0 radical (unpaired) electrons. The van der Waals surface area contributed by atoms with Crippen LogP contribution in [0.15, 0.2) is 83.3 Å². The topological polar surface area (TPSA) is 105 Å². The molecule has 8 nitrogen and oxygen atoms in total. The summed E-state index contributed by atoms with van der Waals surface area (Å²) < 4.78 is 22.7. The zero-order chi connectivity index (χ0) is 29.2. The van der Waals surface area contributed by atoms with E-state index in [1.807, 2.05) is 88.4 Å². The molecular weight excluding hydrogens is 512 g/mol. The van der Waals surface area contributed by atoms with E-state index in [1.165, 1.54) is 0 Å². The van der Waals surface area contributed by atoms with Crippen LogP contribution in [0.25, 0.3) is 0 Å². The van der Waals surface area contributed by atoms with Crippen LogP contribution >= 0.6 is 0 Å². The maximum Gasteiger partial charge on any atom is 0.337 e. The Balaban J connectivity index is 1.44. The first-order chi connectivity index (χ1) is 18.8. The minimum atomic E-state index is -0.837. The van der Waals surface area contributed by atoms with Crippen LogP contribution in [0.3, 0.4) is 0 Å². The number of benzene rings is 2. The Morgan fingerprint density at radius 1 is 0.650 bits per heavy atom. The van der Waals surface area contributed by atoms with E-state index in [1.54, 1.807) is 13.8 Å². The number of cyclic esters (lactones) is 2. The summed E-state index contributed by atoms with van der Waals surface area (Å²) >= 11 is 0. The Kier molecular flexibility index (Phi) is 8.00. The number of ether oxygens (including phenoxy) is 4. The minimum Gasteiger partial charge on any atom is -0.453 e. The molecule has 2 atom stereocenters. The average Bonchev–Trinajstić information content (AvgIpc) is 2.93. The quantitative estimate of drug-likeness (QED) is 0.305. The molecule has 0 aliphatic carbocycles. The van der Waals surface area contributed by atoms with E-state index in [0.29, 0.717) is 0 Å². The molecule has 8 heteroatoms. The summed E-state index contributed by atoms with van der Waals surface area (Å²) in [6.07, 6.45) is -1.87. The van der Waals surface area contributed by atoms with Crippen molar-refractivity contribution < 1.29 is 38.1 Å². The van der Waals surface area contributed by atoms with E-state index in [0.717, 1.165) is 11.1 Å². The Morgan fingerprint density at radius 3 is 1.30 bits per heavy atom. The van der Waals surface area contributed by atoms with Crippen LogP contribution in [-0.2, 0) is 38.1 Å². The number of carbonyl (C=O) groups is 4. The molecule has 2 aliphatic heterocycles. The highest BCUT2D eigenvalue weighted by atomic mass is 16.6. The van der Waals surface area contributed by atoms with E-state index < -0.39 is 46.9 Å². The smallest absolute Gasteiger partial charge is 0.337 e. The van der Waals surface area contributed by atoms with Crippen molar-refractivity contribution >= 4 is 23.9 Å². The molecule has 0 N–H and O–H groups in total. The summed E-state index contributed by atoms with van der Waals surface area (Å²) in [5, 5.41) is 0. The van der Waals surface area contributed by atoms with Crippen molar-refractivity contribution in [3.8, 4) is 0 Å². The molecule has 0 saturated carbocycles. The highest BCUT2D eigenvalue weighted by molar-refractivity contribution is 5.91. The van der Waals surface area contributed by atoms with E-state index in [-0.39, 0.29) is 35.5 Å². The second-order valence-corrected chi connectivity index (χ2v) is 11.2. The maximum atomic E-state index is 12.9. The summed E-state index contributed by atoms with van der Waals surface area (Å²) in [5.41, 5.74) is 0.270. The van der Waals surface area contributed by atoms with Gasteiger partial charge >= 0.3 is 23.9 Å². The molecule has 0 unspecified atom stereocenters. The molecule has 0 saturated heterocycles. The highest BCUT2D eigenvalue weighted by Gasteiger charge is 2.47. The molecule has 0 spiro atoms. The van der Waals surface area contributed by atoms with Gasteiger partial charge in [-0.3, -0.25) is 9.59 Å². The molecule has 2 heterocycles. The summed E-state index contributed by atoms with van der Waals surface area (Å²) in [4.78, 5) is 50.9. The second-order valence-electron chi connectivity index (χ2n) is 11.2. The van der Waals surface area contributed by atoms with Gasteiger partial charge in [0.15, 0.2) is 0 Å². The lowest BCUT2D eigenvalue weighted by atomic mass is 9.77. The third-order valence-electron chi connectivity index (χ3n) is 7.39. The monoisotopic (exact) mass is 546 g/mol. The Morgan fingerprint density at radius 2 is 0.975 bits per heavy atom. The molecular formula is C32H34O8. The van der Waals surface area contributed by atoms with Crippen LogP contribution in [-0.4, -0.2) is 23.9 Å². The molecule has 2 aliphatic rings. The van der Waals surface area contributed by atoms with Gasteiger partial charge in [0.05, 0.1) is 34.8 Å². The number of carbonyl (C=O) groups excluding carboxylic acids is 4. The van der Waals surface area contributed by atoms with Gasteiger partial charge in [0, 0.05) is 0 Å². The van der Waals surface area contributed by atoms with Crippen molar-refractivity contribution in [1.82, 2.24) is 0 Å². The Bertz CT molecular complexity index is 1280. The molecule has 0 bridgehead atoms. The fourth-order valence-electron chi connectivity index (χ4n) is 5.25. The molecule has 40 heavy (non-hydrogen) atoms. The third kappa shape index (κ3) is 5.57. The Hall–Kier alpha value is -4.20. The molecule has 210 valence electrons. The van der Waals surface area contributed by atoms with Crippen molar-refractivity contribution in [2.45, 2.75) is 66.6 Å².